The van der Waals surface area contributed by atoms with Crippen LogP contribution in [0.2, 0.25) is 0 Å². The maximum Gasteiger partial charge on any atom is 0.257 e. The van der Waals surface area contributed by atoms with E-state index in [1.165, 1.54) is 16.2 Å². The van der Waals surface area contributed by atoms with E-state index in [2.05, 4.69) is 5.10 Å². The molecule has 3 aliphatic rings. The van der Waals surface area contributed by atoms with Crippen molar-refractivity contribution in [1.82, 2.24) is 19.6 Å². The first kappa shape index (κ1) is 20.2. The van der Waals surface area contributed by atoms with Gasteiger partial charge >= 0.3 is 0 Å². The van der Waals surface area contributed by atoms with E-state index in [1.807, 2.05) is 29.0 Å². The van der Waals surface area contributed by atoms with E-state index in [1.54, 1.807) is 17.9 Å². The Hall–Kier alpha value is -2.68. The molecule has 1 unspecified atom stereocenters. The maximum absolute atomic E-state index is 13.3. The Labute approximate surface area is 185 Å². The second-order valence-electron chi connectivity index (χ2n) is 8.71. The number of carbonyl (C=O) groups excluding carboxylic acids is 3. The van der Waals surface area contributed by atoms with Crippen LogP contribution >= 0.6 is 11.3 Å². The van der Waals surface area contributed by atoms with E-state index >= 15 is 0 Å². The van der Waals surface area contributed by atoms with Crippen LogP contribution < -0.4 is 4.90 Å². The van der Waals surface area contributed by atoms with Gasteiger partial charge in [-0.1, -0.05) is 6.92 Å². The van der Waals surface area contributed by atoms with Gasteiger partial charge in [0.05, 0.1) is 12.1 Å². The summed E-state index contributed by atoms with van der Waals surface area (Å²) in [4.78, 5) is 45.6. The molecule has 0 radical (unpaired) electrons. The fraction of sp³-hybridized carbons (Fsp3) is 0.545. The van der Waals surface area contributed by atoms with Gasteiger partial charge in [-0.15, -0.1) is 11.3 Å². The summed E-state index contributed by atoms with van der Waals surface area (Å²) < 4.78 is 1.72. The molecular formula is C22H27N5O3S. The number of hydrogen-bond donors (Lipinski definition) is 0. The molecule has 9 heteroatoms. The summed E-state index contributed by atoms with van der Waals surface area (Å²) in [5, 5.41) is 5.04. The van der Waals surface area contributed by atoms with Crippen molar-refractivity contribution in [2.75, 3.05) is 31.6 Å². The first-order valence-electron chi connectivity index (χ1n) is 11.0. The van der Waals surface area contributed by atoms with Crippen LogP contribution in [0, 0.1) is 5.92 Å². The van der Waals surface area contributed by atoms with Crippen LogP contribution in [0.3, 0.4) is 0 Å². The zero-order chi connectivity index (χ0) is 21.7. The van der Waals surface area contributed by atoms with Gasteiger partial charge in [0.25, 0.3) is 5.91 Å². The molecule has 1 aliphatic carbocycles. The number of anilines is 1. The van der Waals surface area contributed by atoms with Crippen molar-refractivity contribution >= 4 is 34.1 Å². The quantitative estimate of drug-likeness (QED) is 0.713. The fourth-order valence-corrected chi connectivity index (χ4v) is 5.93. The molecule has 4 heterocycles. The highest BCUT2D eigenvalue weighted by Crippen LogP contribution is 2.43. The number of rotatable bonds is 5. The van der Waals surface area contributed by atoms with Crippen LogP contribution in [0.1, 0.15) is 53.0 Å². The molecule has 0 N–H and O–H groups in total. The number of carbonyl (C=O) groups is 3. The second kappa shape index (κ2) is 7.78. The lowest BCUT2D eigenvalue weighted by Crippen LogP contribution is -2.41. The van der Waals surface area contributed by atoms with Gasteiger partial charge in [-0.25, -0.2) is 0 Å². The summed E-state index contributed by atoms with van der Waals surface area (Å²) in [5.41, 5.74) is 1.70. The Morgan fingerprint density at radius 2 is 2.10 bits per heavy atom. The third kappa shape index (κ3) is 3.54. The molecule has 0 bridgehead atoms. The van der Waals surface area contributed by atoms with Crippen LogP contribution in [-0.2, 0) is 22.6 Å². The predicted molar refractivity (Wildman–Crippen MR) is 117 cm³/mol. The normalized spacial score (nSPS) is 19.9. The summed E-state index contributed by atoms with van der Waals surface area (Å²) >= 11 is 1.52. The molecule has 3 amide bonds. The van der Waals surface area contributed by atoms with Gasteiger partial charge in [-0.05, 0) is 43.2 Å². The highest BCUT2D eigenvalue weighted by atomic mass is 32.1. The number of nitrogens with zero attached hydrogens (tertiary/aromatic N) is 5. The van der Waals surface area contributed by atoms with Gasteiger partial charge in [-0.2, -0.15) is 5.10 Å². The molecule has 2 aromatic heterocycles. The molecular weight excluding hydrogens is 414 g/mol. The molecule has 0 spiro atoms. The molecule has 164 valence electrons. The number of aromatic nitrogens is 2. The monoisotopic (exact) mass is 441 g/mol. The third-order valence-corrected chi connectivity index (χ3v) is 7.72. The summed E-state index contributed by atoms with van der Waals surface area (Å²) in [5.74, 6) is 0.487. The number of fused-ring (bicyclic) bond motifs is 3. The Morgan fingerprint density at radius 3 is 2.77 bits per heavy atom. The highest BCUT2D eigenvalue weighted by molar-refractivity contribution is 7.17. The molecule has 1 atom stereocenters. The molecule has 5 rings (SSSR count). The molecule has 0 aromatic carbocycles. The Morgan fingerprint density at radius 1 is 1.29 bits per heavy atom. The van der Waals surface area contributed by atoms with Gasteiger partial charge < -0.3 is 14.7 Å². The molecule has 8 nitrogen and oxygen atoms in total. The Bertz CT molecular complexity index is 1030. The maximum atomic E-state index is 13.3. The average Bonchev–Trinajstić information content (AvgIpc) is 3.29. The second-order valence-corrected chi connectivity index (χ2v) is 9.80. The number of hydrogen-bond acceptors (Lipinski definition) is 5. The lowest BCUT2D eigenvalue weighted by Gasteiger charge is -2.30. The van der Waals surface area contributed by atoms with Crippen molar-refractivity contribution in [2.24, 2.45) is 5.92 Å². The van der Waals surface area contributed by atoms with Crippen molar-refractivity contribution in [3.63, 3.8) is 0 Å². The lowest BCUT2D eigenvalue weighted by atomic mass is 10.0. The van der Waals surface area contributed by atoms with Crippen molar-refractivity contribution in [2.45, 2.75) is 45.2 Å². The molecule has 1 saturated carbocycles. The number of thiophene rings is 1. The third-order valence-electron chi connectivity index (χ3n) is 6.48. The molecule has 1 fully saturated rings. The minimum atomic E-state index is -0.324. The van der Waals surface area contributed by atoms with Crippen molar-refractivity contribution in [1.29, 1.82) is 0 Å². The fourth-order valence-electron chi connectivity index (χ4n) is 4.55. The Balaban J connectivity index is 1.46. The summed E-state index contributed by atoms with van der Waals surface area (Å²) in [6.45, 7) is 3.84. The molecule has 31 heavy (non-hydrogen) atoms. The highest BCUT2D eigenvalue weighted by Gasteiger charge is 2.39. The first-order valence-corrected chi connectivity index (χ1v) is 11.8. The summed E-state index contributed by atoms with van der Waals surface area (Å²) in [6.07, 6.45) is 7.09. The van der Waals surface area contributed by atoms with Crippen LogP contribution in [0.4, 0.5) is 5.00 Å². The van der Waals surface area contributed by atoms with Crippen LogP contribution in [0.15, 0.2) is 18.5 Å². The van der Waals surface area contributed by atoms with Crippen LogP contribution in [-0.4, -0.2) is 64.0 Å². The van der Waals surface area contributed by atoms with Crippen LogP contribution in [0.25, 0.3) is 0 Å². The predicted octanol–water partition coefficient (Wildman–Crippen LogP) is 2.31. The van der Waals surface area contributed by atoms with E-state index in [9.17, 15) is 14.4 Å². The van der Waals surface area contributed by atoms with Crippen molar-refractivity contribution in [3.8, 4) is 0 Å². The summed E-state index contributed by atoms with van der Waals surface area (Å²) in [6, 6.07) is 1.50. The standard InChI is InChI=1S/C22H27N5O3S/c1-3-16(27-9-4-8-23-27)20(29)25-10-7-15-17(12-25)31-22-19(15)21(30)24(2)13-18(28)26(22)11-14-5-6-14/h4,8-9,14,16H,3,5-7,10-13H2,1-2H3. The smallest absolute Gasteiger partial charge is 0.257 e. The van der Waals surface area contributed by atoms with Crippen molar-refractivity contribution in [3.05, 3.63) is 34.5 Å². The van der Waals surface area contributed by atoms with E-state index < -0.39 is 0 Å². The number of likely N-dealkylation sites (N-methyl/N-ethyl adjacent to an activating group) is 1. The van der Waals surface area contributed by atoms with E-state index in [0.717, 1.165) is 28.3 Å². The molecule has 0 saturated heterocycles. The van der Waals surface area contributed by atoms with Gasteiger partial charge in [0.1, 0.15) is 17.6 Å². The summed E-state index contributed by atoms with van der Waals surface area (Å²) in [7, 11) is 1.70. The van der Waals surface area contributed by atoms with Crippen LogP contribution in [0.5, 0.6) is 0 Å². The van der Waals surface area contributed by atoms with Crippen molar-refractivity contribution < 1.29 is 14.4 Å². The number of amides is 3. The SMILES string of the molecule is CCC(C(=O)N1CCc2c(sc3c2C(=O)N(C)CC(=O)N3CC2CC2)C1)n1cccn1. The average molecular weight is 442 g/mol. The molecule has 2 aliphatic heterocycles. The van der Waals surface area contributed by atoms with E-state index in [4.69, 9.17) is 0 Å². The van der Waals surface area contributed by atoms with Gasteiger partial charge in [0.2, 0.25) is 11.8 Å². The Kier molecular flexibility index (Phi) is 5.08. The minimum Gasteiger partial charge on any atom is -0.335 e. The van der Waals surface area contributed by atoms with Gasteiger partial charge in [-0.3, -0.25) is 19.1 Å². The largest absolute Gasteiger partial charge is 0.335 e. The minimum absolute atomic E-state index is 0.0160. The first-order chi connectivity index (χ1) is 15.0. The van der Waals surface area contributed by atoms with E-state index in [-0.39, 0.29) is 30.3 Å². The van der Waals surface area contributed by atoms with E-state index in [0.29, 0.717) is 44.0 Å². The lowest BCUT2D eigenvalue weighted by molar-refractivity contribution is -0.136. The zero-order valence-corrected chi connectivity index (χ0v) is 18.7. The van der Waals surface area contributed by atoms with Gasteiger partial charge in [0, 0.05) is 37.4 Å². The molecule has 2 aromatic rings. The topological polar surface area (TPSA) is 78.8 Å². The van der Waals surface area contributed by atoms with Gasteiger partial charge in [0.15, 0.2) is 0 Å². The zero-order valence-electron chi connectivity index (χ0n) is 17.9.